The number of rotatable bonds is 6. The summed E-state index contributed by atoms with van der Waals surface area (Å²) in [6.07, 6.45) is 2.57. The van der Waals surface area contributed by atoms with E-state index in [-0.39, 0.29) is 18.2 Å². The molecule has 0 aliphatic carbocycles. The smallest absolute Gasteiger partial charge is 0.220 e. The second kappa shape index (κ2) is 7.95. The van der Waals surface area contributed by atoms with Gasteiger partial charge in [-0.2, -0.15) is 11.8 Å². The summed E-state index contributed by atoms with van der Waals surface area (Å²) < 4.78 is 10.2. The van der Waals surface area contributed by atoms with Crippen LogP contribution in [0.5, 0.6) is 0 Å². The Labute approximate surface area is 108 Å². The van der Waals surface area contributed by atoms with Crippen LogP contribution >= 0.6 is 11.8 Å². The second-order valence-electron chi connectivity index (χ2n) is 4.46. The van der Waals surface area contributed by atoms with Crippen LogP contribution < -0.4 is 5.32 Å². The molecule has 1 atom stereocenters. The van der Waals surface area contributed by atoms with Gasteiger partial charge in [0.2, 0.25) is 5.91 Å². The molecule has 1 heterocycles. The molecule has 1 amide bonds. The number of nitrogens with one attached hydrogen (secondary N) is 1. The molecule has 1 aliphatic rings. The van der Waals surface area contributed by atoms with Crippen LogP contribution in [-0.2, 0) is 14.3 Å². The zero-order chi connectivity index (χ0) is 12.7. The van der Waals surface area contributed by atoms with Crippen molar-refractivity contribution in [1.82, 2.24) is 5.32 Å². The predicted molar refractivity (Wildman–Crippen MR) is 70.1 cm³/mol. The van der Waals surface area contributed by atoms with Crippen LogP contribution in [0, 0.1) is 5.92 Å². The molecule has 0 spiro atoms. The number of carbonyl (C=O) groups is 1. The van der Waals surface area contributed by atoms with Gasteiger partial charge in [0, 0.05) is 20.6 Å². The molecule has 1 N–H and O–H groups in total. The molecule has 17 heavy (non-hydrogen) atoms. The Balaban J connectivity index is 2.27. The fourth-order valence-electron chi connectivity index (χ4n) is 2.10. The van der Waals surface area contributed by atoms with Gasteiger partial charge in [0.05, 0.1) is 6.04 Å². The van der Waals surface area contributed by atoms with E-state index < -0.39 is 0 Å². The van der Waals surface area contributed by atoms with Crippen molar-refractivity contribution in [3.63, 3.8) is 0 Å². The zero-order valence-corrected chi connectivity index (χ0v) is 11.7. The number of ether oxygens (including phenoxy) is 2. The van der Waals surface area contributed by atoms with Gasteiger partial charge < -0.3 is 14.8 Å². The van der Waals surface area contributed by atoms with Gasteiger partial charge in [-0.25, -0.2) is 0 Å². The first-order chi connectivity index (χ1) is 8.17. The van der Waals surface area contributed by atoms with E-state index in [2.05, 4.69) is 5.32 Å². The van der Waals surface area contributed by atoms with Crippen LogP contribution in [0.1, 0.15) is 26.2 Å². The Morgan fingerprint density at radius 2 is 1.94 bits per heavy atom. The Morgan fingerprint density at radius 3 is 2.47 bits per heavy atom. The standard InChI is InChI=1S/C12H23NO3S/c1-9(12(15-2)16-3)13-11(14)8-10-4-6-17-7-5-10/h9-10,12H,4-8H2,1-3H3,(H,13,14). The molecule has 0 bridgehead atoms. The minimum atomic E-state index is -0.374. The first-order valence-electron chi connectivity index (χ1n) is 6.10. The van der Waals surface area contributed by atoms with E-state index in [1.807, 2.05) is 18.7 Å². The maximum atomic E-state index is 11.8. The van der Waals surface area contributed by atoms with Crippen LogP contribution in [0.2, 0.25) is 0 Å². The SMILES string of the molecule is COC(OC)C(C)NC(=O)CC1CCSCC1. The molecule has 0 aromatic heterocycles. The van der Waals surface area contributed by atoms with Crippen molar-refractivity contribution >= 4 is 17.7 Å². The molecule has 0 radical (unpaired) electrons. The Morgan fingerprint density at radius 1 is 1.35 bits per heavy atom. The molecule has 0 aromatic carbocycles. The highest BCUT2D eigenvalue weighted by Gasteiger charge is 2.21. The average Bonchev–Trinajstić information content (AvgIpc) is 2.31. The van der Waals surface area contributed by atoms with E-state index in [9.17, 15) is 4.79 Å². The van der Waals surface area contributed by atoms with Gasteiger partial charge >= 0.3 is 0 Å². The van der Waals surface area contributed by atoms with E-state index in [0.29, 0.717) is 12.3 Å². The highest BCUT2D eigenvalue weighted by Crippen LogP contribution is 2.25. The number of methoxy groups -OCH3 is 2. The minimum Gasteiger partial charge on any atom is -0.354 e. The summed E-state index contributed by atoms with van der Waals surface area (Å²) in [4.78, 5) is 11.8. The van der Waals surface area contributed by atoms with Crippen LogP contribution in [0.4, 0.5) is 0 Å². The molecule has 1 saturated heterocycles. The normalized spacial score (nSPS) is 19.3. The maximum Gasteiger partial charge on any atom is 0.220 e. The van der Waals surface area contributed by atoms with Gasteiger partial charge in [-0.15, -0.1) is 0 Å². The van der Waals surface area contributed by atoms with Crippen LogP contribution in [0.3, 0.4) is 0 Å². The molecule has 1 rings (SSSR count). The number of amides is 1. The summed E-state index contributed by atoms with van der Waals surface area (Å²) in [6, 6.07) is -0.115. The van der Waals surface area contributed by atoms with Crippen LogP contribution in [-0.4, -0.2) is 44.0 Å². The first kappa shape index (κ1) is 14.8. The predicted octanol–water partition coefficient (Wildman–Crippen LogP) is 1.64. The monoisotopic (exact) mass is 261 g/mol. The van der Waals surface area contributed by atoms with E-state index in [4.69, 9.17) is 9.47 Å². The largest absolute Gasteiger partial charge is 0.354 e. The van der Waals surface area contributed by atoms with Crippen molar-refractivity contribution in [1.29, 1.82) is 0 Å². The summed E-state index contributed by atoms with van der Waals surface area (Å²) in [5.74, 6) is 3.03. The van der Waals surface area contributed by atoms with Crippen molar-refractivity contribution in [3.05, 3.63) is 0 Å². The number of hydrogen-bond donors (Lipinski definition) is 1. The van der Waals surface area contributed by atoms with Crippen molar-refractivity contribution < 1.29 is 14.3 Å². The summed E-state index contributed by atoms with van der Waals surface area (Å²) in [7, 11) is 3.16. The van der Waals surface area contributed by atoms with E-state index in [1.54, 1.807) is 14.2 Å². The van der Waals surface area contributed by atoms with E-state index in [1.165, 1.54) is 11.5 Å². The van der Waals surface area contributed by atoms with Gasteiger partial charge in [-0.3, -0.25) is 4.79 Å². The quantitative estimate of drug-likeness (QED) is 0.739. The molecule has 1 unspecified atom stereocenters. The third-order valence-electron chi connectivity index (χ3n) is 3.08. The molecular weight excluding hydrogens is 238 g/mol. The van der Waals surface area contributed by atoms with Gasteiger partial charge in [0.25, 0.3) is 0 Å². The highest BCUT2D eigenvalue weighted by molar-refractivity contribution is 7.99. The van der Waals surface area contributed by atoms with Crippen molar-refractivity contribution in [2.75, 3.05) is 25.7 Å². The van der Waals surface area contributed by atoms with E-state index in [0.717, 1.165) is 12.8 Å². The highest BCUT2D eigenvalue weighted by atomic mass is 32.2. The lowest BCUT2D eigenvalue weighted by molar-refractivity contribution is -0.136. The lowest BCUT2D eigenvalue weighted by atomic mass is 9.98. The summed E-state index contributed by atoms with van der Waals surface area (Å²) in [6.45, 7) is 1.90. The fourth-order valence-corrected chi connectivity index (χ4v) is 3.30. The third-order valence-corrected chi connectivity index (χ3v) is 4.13. The van der Waals surface area contributed by atoms with Crippen LogP contribution in [0.25, 0.3) is 0 Å². The first-order valence-corrected chi connectivity index (χ1v) is 7.25. The van der Waals surface area contributed by atoms with Crippen molar-refractivity contribution in [3.8, 4) is 0 Å². The molecule has 4 nitrogen and oxygen atoms in total. The molecule has 1 fully saturated rings. The molecule has 5 heteroatoms. The molecule has 100 valence electrons. The molecular formula is C12H23NO3S. The minimum absolute atomic E-state index is 0.105. The second-order valence-corrected chi connectivity index (χ2v) is 5.68. The molecule has 0 saturated carbocycles. The average molecular weight is 261 g/mol. The van der Waals surface area contributed by atoms with Gasteiger partial charge in [-0.05, 0) is 37.2 Å². The van der Waals surface area contributed by atoms with E-state index >= 15 is 0 Å². The number of thioether (sulfide) groups is 1. The fraction of sp³-hybridized carbons (Fsp3) is 0.917. The van der Waals surface area contributed by atoms with Gasteiger partial charge in [-0.1, -0.05) is 0 Å². The number of carbonyl (C=O) groups excluding carboxylic acids is 1. The topological polar surface area (TPSA) is 47.6 Å². The summed E-state index contributed by atoms with van der Waals surface area (Å²) >= 11 is 1.98. The molecule has 1 aliphatic heterocycles. The summed E-state index contributed by atoms with van der Waals surface area (Å²) in [5.41, 5.74) is 0. The zero-order valence-electron chi connectivity index (χ0n) is 10.9. The lowest BCUT2D eigenvalue weighted by Crippen LogP contribution is -2.43. The Bertz CT molecular complexity index is 228. The Kier molecular flexibility index (Phi) is 6.92. The van der Waals surface area contributed by atoms with Gasteiger partial charge in [0.15, 0.2) is 6.29 Å². The van der Waals surface area contributed by atoms with Gasteiger partial charge in [0.1, 0.15) is 0 Å². The lowest BCUT2D eigenvalue weighted by Gasteiger charge is -2.24. The Hall–Kier alpha value is -0.260. The van der Waals surface area contributed by atoms with Crippen molar-refractivity contribution in [2.45, 2.75) is 38.5 Å². The number of hydrogen-bond acceptors (Lipinski definition) is 4. The maximum absolute atomic E-state index is 11.8. The van der Waals surface area contributed by atoms with Crippen LogP contribution in [0.15, 0.2) is 0 Å². The third kappa shape index (κ3) is 5.27. The summed E-state index contributed by atoms with van der Waals surface area (Å²) in [5, 5.41) is 2.93. The van der Waals surface area contributed by atoms with Crippen molar-refractivity contribution in [2.24, 2.45) is 5.92 Å². The molecule has 0 aromatic rings.